The third-order valence-corrected chi connectivity index (χ3v) is 9.50. The van der Waals surface area contributed by atoms with Gasteiger partial charge in [-0.15, -0.1) is 0 Å². The van der Waals surface area contributed by atoms with Crippen molar-refractivity contribution in [3.63, 3.8) is 0 Å². The maximum atomic E-state index is 2.57. The Morgan fingerprint density at radius 2 is 1.46 bits per heavy atom. The number of aromatic nitrogens is 2. The molecule has 0 atom stereocenters. The van der Waals surface area contributed by atoms with Gasteiger partial charge in [0.15, 0.2) is 0 Å². The van der Waals surface area contributed by atoms with Crippen molar-refractivity contribution < 1.29 is 0 Å². The van der Waals surface area contributed by atoms with Gasteiger partial charge in [0, 0.05) is 22.8 Å². The van der Waals surface area contributed by atoms with Crippen LogP contribution in [-0.2, 0) is 5.41 Å². The van der Waals surface area contributed by atoms with Crippen LogP contribution >= 0.6 is 0 Å². The second-order valence-corrected chi connectivity index (χ2v) is 12.3. The first-order chi connectivity index (χ1) is 17.7. The van der Waals surface area contributed by atoms with Gasteiger partial charge in [-0.25, -0.2) is 0 Å². The van der Waals surface area contributed by atoms with Crippen LogP contribution < -0.4 is 16.4 Å². The zero-order valence-corrected chi connectivity index (χ0v) is 22.7. The van der Waals surface area contributed by atoms with E-state index >= 15 is 0 Å². The summed E-state index contributed by atoms with van der Waals surface area (Å²) in [6.45, 7) is 16.5. The van der Waals surface area contributed by atoms with Gasteiger partial charge in [-0.3, -0.25) is 4.57 Å². The van der Waals surface area contributed by atoms with Crippen molar-refractivity contribution in [2.45, 2.75) is 53.9 Å². The number of fused-ring (bicyclic) bond motifs is 6. The highest BCUT2D eigenvalue weighted by atomic mass is 15.2. The Morgan fingerprint density at radius 1 is 0.703 bits per heavy atom. The maximum Gasteiger partial charge on any atom is 0.250 e. The monoisotopic (exact) mass is 478 g/mol. The normalized spacial score (nSPS) is 13.8. The van der Waals surface area contributed by atoms with Crippen LogP contribution in [0.1, 0.15) is 49.0 Å². The topological polar surface area (TPSA) is 9.34 Å². The van der Waals surface area contributed by atoms with Gasteiger partial charge < -0.3 is 4.40 Å². The van der Waals surface area contributed by atoms with Crippen molar-refractivity contribution in [3.05, 3.63) is 88.9 Å². The average molecular weight is 478 g/mol. The molecule has 0 N–H and O–H groups in total. The fourth-order valence-electron chi connectivity index (χ4n) is 7.44. The van der Waals surface area contributed by atoms with Gasteiger partial charge in [0.1, 0.15) is 5.65 Å². The van der Waals surface area contributed by atoms with E-state index in [2.05, 4.69) is 118 Å². The number of benzene rings is 4. The average Bonchev–Trinajstić information content (AvgIpc) is 3.29. The molecule has 0 fully saturated rings. The molecule has 0 saturated heterocycles. The Hall–Kier alpha value is -3.72. The molecular formula is C34H31BN2. The molecule has 6 aromatic rings. The Balaban J connectivity index is 1.67. The summed E-state index contributed by atoms with van der Waals surface area (Å²) in [6, 6.07) is 23.4. The van der Waals surface area contributed by atoms with E-state index < -0.39 is 0 Å². The SMILES string of the molecule is Cc1c2c3n(c(C)c(C)n3c1C)-c1cc(C(C)(C)C)cc3c1B2c1cccc2c1c-3cc1ccccc12. The van der Waals surface area contributed by atoms with Gasteiger partial charge in [0.25, 0.3) is 6.71 Å². The lowest BCUT2D eigenvalue weighted by Gasteiger charge is -2.35. The Morgan fingerprint density at radius 3 is 2.24 bits per heavy atom. The maximum absolute atomic E-state index is 2.57. The molecule has 2 aliphatic heterocycles. The van der Waals surface area contributed by atoms with Crippen molar-refractivity contribution in [1.82, 2.24) is 8.97 Å². The van der Waals surface area contributed by atoms with Crippen molar-refractivity contribution in [2.24, 2.45) is 0 Å². The zero-order chi connectivity index (χ0) is 25.5. The molecule has 180 valence electrons. The number of rotatable bonds is 0. The lowest BCUT2D eigenvalue weighted by atomic mass is 9.32. The van der Waals surface area contributed by atoms with Crippen LogP contribution in [0.25, 0.3) is 44.0 Å². The molecule has 0 spiro atoms. The summed E-state index contributed by atoms with van der Waals surface area (Å²) in [4.78, 5) is 0. The molecule has 2 aliphatic rings. The number of hydrogen-bond acceptors (Lipinski definition) is 0. The second kappa shape index (κ2) is 6.58. The summed E-state index contributed by atoms with van der Waals surface area (Å²) >= 11 is 0. The number of hydrogen-bond donors (Lipinski definition) is 0. The molecule has 2 nitrogen and oxygen atoms in total. The number of aryl methyl sites for hydroxylation is 2. The lowest BCUT2D eigenvalue weighted by Crippen LogP contribution is -2.59. The molecule has 0 bridgehead atoms. The second-order valence-electron chi connectivity index (χ2n) is 12.3. The van der Waals surface area contributed by atoms with Gasteiger partial charge in [-0.2, -0.15) is 0 Å². The van der Waals surface area contributed by atoms with Crippen LogP contribution in [0.15, 0.2) is 60.7 Å². The molecule has 4 aromatic carbocycles. The Labute approximate surface area is 218 Å². The largest absolute Gasteiger partial charge is 0.303 e. The summed E-state index contributed by atoms with van der Waals surface area (Å²) in [5, 5.41) is 5.47. The minimum Gasteiger partial charge on any atom is -0.303 e. The highest BCUT2D eigenvalue weighted by Crippen LogP contribution is 2.41. The van der Waals surface area contributed by atoms with E-state index in [-0.39, 0.29) is 12.1 Å². The molecule has 0 saturated carbocycles. The van der Waals surface area contributed by atoms with E-state index in [9.17, 15) is 0 Å². The highest BCUT2D eigenvalue weighted by molar-refractivity contribution is 7.01. The van der Waals surface area contributed by atoms with E-state index in [0.717, 1.165) is 0 Å². The fraction of sp³-hybridized carbons (Fsp3) is 0.235. The van der Waals surface area contributed by atoms with Crippen molar-refractivity contribution >= 4 is 50.3 Å². The van der Waals surface area contributed by atoms with E-state index in [1.165, 1.54) is 88.6 Å². The third kappa shape index (κ3) is 2.39. The van der Waals surface area contributed by atoms with Gasteiger partial charge in [-0.05, 0) is 100.0 Å². The molecule has 2 aromatic heterocycles. The standard InChI is InChI=1S/C34H31BN2/c1-18-19(2)36-20(3)21(4)37-29-17-23(34(5,6)7)16-27-26-15-22-11-8-9-12-24(22)25-13-10-14-28(30(25)26)35(32(27)29)31(18)33(36)37/h8-17H,1-7H3. The quantitative estimate of drug-likeness (QED) is 0.177. The molecule has 4 heterocycles. The molecule has 8 rings (SSSR count). The van der Waals surface area contributed by atoms with E-state index in [1.807, 2.05) is 0 Å². The summed E-state index contributed by atoms with van der Waals surface area (Å²) in [7, 11) is 0. The first-order valence-corrected chi connectivity index (χ1v) is 13.5. The first kappa shape index (κ1) is 21.4. The highest BCUT2D eigenvalue weighted by Gasteiger charge is 2.43. The zero-order valence-electron chi connectivity index (χ0n) is 22.7. The van der Waals surface area contributed by atoms with Gasteiger partial charge in [0.05, 0.1) is 0 Å². The molecule has 3 heteroatoms. The molecule has 0 unspecified atom stereocenters. The summed E-state index contributed by atoms with van der Waals surface area (Å²) in [5.41, 5.74) is 16.9. The van der Waals surface area contributed by atoms with Crippen LogP contribution in [0.4, 0.5) is 0 Å². The smallest absolute Gasteiger partial charge is 0.250 e. The predicted octanol–water partition coefficient (Wildman–Crippen LogP) is 6.38. The van der Waals surface area contributed by atoms with Crippen molar-refractivity contribution in [2.75, 3.05) is 0 Å². The minimum atomic E-state index is 0.0500. The summed E-state index contributed by atoms with van der Waals surface area (Å²) in [5.74, 6) is 0. The van der Waals surface area contributed by atoms with Crippen LogP contribution in [0.5, 0.6) is 0 Å². The molecule has 0 aliphatic carbocycles. The van der Waals surface area contributed by atoms with Crippen molar-refractivity contribution in [3.8, 4) is 16.8 Å². The summed E-state index contributed by atoms with van der Waals surface area (Å²) < 4.78 is 5.09. The number of nitrogens with zero attached hydrogens (tertiary/aromatic N) is 2. The molecule has 37 heavy (non-hydrogen) atoms. The van der Waals surface area contributed by atoms with Gasteiger partial charge in [-0.1, -0.05) is 74.8 Å². The van der Waals surface area contributed by atoms with Crippen LogP contribution in [0.2, 0.25) is 0 Å². The van der Waals surface area contributed by atoms with E-state index in [4.69, 9.17) is 0 Å². The Kier molecular flexibility index (Phi) is 3.80. The van der Waals surface area contributed by atoms with E-state index in [0.29, 0.717) is 0 Å². The lowest BCUT2D eigenvalue weighted by molar-refractivity contribution is 0.590. The summed E-state index contributed by atoms with van der Waals surface area (Å²) in [6.07, 6.45) is 0. The minimum absolute atomic E-state index is 0.0500. The number of imidazole rings is 1. The van der Waals surface area contributed by atoms with E-state index in [1.54, 1.807) is 0 Å². The molecular weight excluding hydrogens is 447 g/mol. The fourth-order valence-corrected chi connectivity index (χ4v) is 7.44. The van der Waals surface area contributed by atoms with Gasteiger partial charge in [0.2, 0.25) is 0 Å². The van der Waals surface area contributed by atoms with Gasteiger partial charge >= 0.3 is 0 Å². The van der Waals surface area contributed by atoms with Crippen LogP contribution in [0.3, 0.4) is 0 Å². The Bertz CT molecular complexity index is 2010. The predicted molar refractivity (Wildman–Crippen MR) is 159 cm³/mol. The third-order valence-electron chi connectivity index (χ3n) is 9.50. The van der Waals surface area contributed by atoms with Crippen LogP contribution in [-0.4, -0.2) is 15.7 Å². The molecule has 0 amide bonds. The first-order valence-electron chi connectivity index (χ1n) is 13.5. The van der Waals surface area contributed by atoms with Crippen LogP contribution in [0, 0.1) is 27.7 Å². The van der Waals surface area contributed by atoms with Crippen molar-refractivity contribution in [1.29, 1.82) is 0 Å². The molecule has 0 radical (unpaired) electrons.